The molecule has 0 aliphatic carbocycles. The van der Waals surface area contributed by atoms with Gasteiger partial charge in [-0.3, -0.25) is 4.79 Å². The van der Waals surface area contributed by atoms with Gasteiger partial charge in [0.05, 0.1) is 0 Å². The van der Waals surface area contributed by atoms with Crippen molar-refractivity contribution in [2.75, 3.05) is 0 Å². The van der Waals surface area contributed by atoms with Gasteiger partial charge in [-0.25, -0.2) is 0 Å². The van der Waals surface area contributed by atoms with Crippen molar-refractivity contribution in [2.45, 2.75) is 46.0 Å². The van der Waals surface area contributed by atoms with Crippen molar-refractivity contribution >= 4 is 0 Å². The van der Waals surface area contributed by atoms with Gasteiger partial charge in [0.25, 0.3) is 5.56 Å². The van der Waals surface area contributed by atoms with Crippen molar-refractivity contribution in [1.29, 1.82) is 0 Å². The van der Waals surface area contributed by atoms with Crippen molar-refractivity contribution in [3.63, 3.8) is 0 Å². The highest BCUT2D eigenvalue weighted by Gasteiger charge is 2.16. The predicted molar refractivity (Wildman–Crippen MR) is 57.6 cm³/mol. The van der Waals surface area contributed by atoms with E-state index in [1.165, 1.54) is 0 Å². The van der Waals surface area contributed by atoms with Crippen LogP contribution in [0.3, 0.4) is 0 Å². The summed E-state index contributed by atoms with van der Waals surface area (Å²) in [6.45, 7) is 10.3. The van der Waals surface area contributed by atoms with Crippen LogP contribution in [0.5, 0.6) is 0 Å². The van der Waals surface area contributed by atoms with E-state index in [2.05, 4.69) is 30.7 Å². The van der Waals surface area contributed by atoms with Gasteiger partial charge in [-0.1, -0.05) is 34.6 Å². The molecule has 1 rings (SSSR count). The second kappa shape index (κ2) is 3.56. The average molecular weight is 194 g/mol. The Labute approximate surface area is 84.6 Å². The quantitative estimate of drug-likeness (QED) is 0.744. The fourth-order valence-corrected chi connectivity index (χ4v) is 1.15. The lowest BCUT2D eigenvalue weighted by Gasteiger charge is -2.19. The molecule has 1 aromatic rings. The van der Waals surface area contributed by atoms with Gasteiger partial charge < -0.3 is 4.98 Å². The molecule has 1 heterocycles. The fourth-order valence-electron chi connectivity index (χ4n) is 1.15. The molecule has 0 spiro atoms. The third-order valence-corrected chi connectivity index (χ3v) is 2.12. The second-order valence-corrected chi connectivity index (χ2v) is 4.92. The zero-order valence-corrected chi connectivity index (χ0v) is 9.51. The van der Waals surface area contributed by atoms with Crippen molar-refractivity contribution in [2.24, 2.45) is 0 Å². The normalized spacial score (nSPS) is 12.1. The molecule has 1 aromatic heterocycles. The Morgan fingerprint density at radius 2 is 1.93 bits per heavy atom. The molecule has 0 aliphatic heterocycles. The topological polar surface area (TPSA) is 45.8 Å². The maximum atomic E-state index is 11.3. The molecule has 0 saturated carbocycles. The fraction of sp³-hybridized carbons (Fsp3) is 0.636. The molecule has 0 saturated heterocycles. The van der Waals surface area contributed by atoms with Gasteiger partial charge >= 0.3 is 0 Å². The van der Waals surface area contributed by atoms with Crippen LogP contribution in [0.15, 0.2) is 10.9 Å². The van der Waals surface area contributed by atoms with Crippen LogP contribution in [-0.2, 0) is 5.41 Å². The van der Waals surface area contributed by atoms with Crippen molar-refractivity contribution in [3.8, 4) is 0 Å². The maximum Gasteiger partial charge on any atom is 0.273 e. The van der Waals surface area contributed by atoms with Crippen LogP contribution in [0.1, 0.15) is 52.1 Å². The monoisotopic (exact) mass is 194 g/mol. The molecule has 0 aliphatic rings. The van der Waals surface area contributed by atoms with Crippen LogP contribution >= 0.6 is 0 Å². The first-order valence-corrected chi connectivity index (χ1v) is 4.92. The van der Waals surface area contributed by atoms with E-state index in [1.807, 2.05) is 13.8 Å². The first-order chi connectivity index (χ1) is 6.30. The molecule has 3 heteroatoms. The van der Waals surface area contributed by atoms with E-state index in [0.29, 0.717) is 0 Å². The highest BCUT2D eigenvalue weighted by molar-refractivity contribution is 5.13. The van der Waals surface area contributed by atoms with Gasteiger partial charge in [0, 0.05) is 23.1 Å². The molecule has 0 atom stereocenters. The van der Waals surface area contributed by atoms with Gasteiger partial charge in [-0.2, -0.15) is 4.98 Å². The smallest absolute Gasteiger partial charge is 0.273 e. The number of hydrogen-bond donors (Lipinski definition) is 1. The van der Waals surface area contributed by atoms with Crippen molar-refractivity contribution in [1.82, 2.24) is 9.97 Å². The van der Waals surface area contributed by atoms with E-state index in [-0.39, 0.29) is 16.9 Å². The Morgan fingerprint density at radius 3 is 2.36 bits per heavy atom. The minimum atomic E-state index is -0.155. The van der Waals surface area contributed by atoms with Crippen LogP contribution < -0.4 is 5.56 Å². The van der Waals surface area contributed by atoms with E-state index in [9.17, 15) is 4.79 Å². The van der Waals surface area contributed by atoms with Gasteiger partial charge in [0.15, 0.2) is 0 Å². The van der Waals surface area contributed by atoms with E-state index in [1.54, 1.807) is 6.07 Å². The van der Waals surface area contributed by atoms with Crippen LogP contribution in [0, 0.1) is 0 Å². The number of aromatic nitrogens is 2. The minimum absolute atomic E-state index is 0.0360. The molecule has 0 fully saturated rings. The van der Waals surface area contributed by atoms with Crippen LogP contribution in [0.2, 0.25) is 0 Å². The average Bonchev–Trinajstić information content (AvgIpc) is 2.01. The van der Waals surface area contributed by atoms with Crippen LogP contribution in [-0.4, -0.2) is 9.97 Å². The summed E-state index contributed by atoms with van der Waals surface area (Å²) in [5, 5.41) is 0. The predicted octanol–water partition coefficient (Wildman–Crippen LogP) is 2.19. The third kappa shape index (κ3) is 2.44. The molecular weight excluding hydrogens is 176 g/mol. The molecule has 78 valence electrons. The number of H-pyrrole nitrogens is 1. The van der Waals surface area contributed by atoms with Gasteiger partial charge in [0.2, 0.25) is 0 Å². The van der Waals surface area contributed by atoms with E-state index >= 15 is 0 Å². The molecule has 0 amide bonds. The van der Waals surface area contributed by atoms with Crippen LogP contribution in [0.25, 0.3) is 0 Å². The summed E-state index contributed by atoms with van der Waals surface area (Å²) in [7, 11) is 0. The summed E-state index contributed by atoms with van der Waals surface area (Å²) in [6.07, 6.45) is 0. The Hall–Kier alpha value is -1.12. The highest BCUT2D eigenvalue weighted by Crippen LogP contribution is 2.19. The number of nitrogens with zero attached hydrogens (tertiary/aromatic N) is 1. The van der Waals surface area contributed by atoms with Gasteiger partial charge in [0.1, 0.15) is 5.82 Å². The number of nitrogens with one attached hydrogen (secondary N) is 1. The molecule has 1 N–H and O–H groups in total. The molecule has 0 unspecified atom stereocenters. The maximum absolute atomic E-state index is 11.3. The molecular formula is C11H18N2O. The Balaban J connectivity index is 3.28. The lowest BCUT2D eigenvalue weighted by atomic mass is 9.92. The zero-order chi connectivity index (χ0) is 10.9. The van der Waals surface area contributed by atoms with E-state index in [0.717, 1.165) is 11.5 Å². The largest absolute Gasteiger partial charge is 0.346 e. The van der Waals surface area contributed by atoms with E-state index < -0.39 is 0 Å². The Bertz CT molecular complexity index is 372. The SMILES string of the molecule is CC(C)c1nc(=O)cc(C(C)(C)C)[nH]1. The summed E-state index contributed by atoms with van der Waals surface area (Å²) in [6, 6.07) is 1.58. The first-order valence-electron chi connectivity index (χ1n) is 4.92. The van der Waals surface area contributed by atoms with Crippen molar-refractivity contribution < 1.29 is 0 Å². The lowest BCUT2D eigenvalue weighted by molar-refractivity contribution is 0.556. The van der Waals surface area contributed by atoms with Crippen LogP contribution in [0.4, 0.5) is 0 Å². The van der Waals surface area contributed by atoms with E-state index in [4.69, 9.17) is 0 Å². The number of aromatic amines is 1. The molecule has 0 radical (unpaired) electrons. The van der Waals surface area contributed by atoms with Gasteiger partial charge in [-0.05, 0) is 0 Å². The molecule has 3 nitrogen and oxygen atoms in total. The molecule has 0 bridgehead atoms. The standard InChI is InChI=1S/C11H18N2O/c1-7(2)10-12-8(11(3,4)5)6-9(14)13-10/h6-7H,1-5H3,(H,12,13,14). The van der Waals surface area contributed by atoms with Crippen molar-refractivity contribution in [3.05, 3.63) is 27.9 Å². The molecule has 0 aromatic carbocycles. The molecule has 14 heavy (non-hydrogen) atoms. The highest BCUT2D eigenvalue weighted by atomic mass is 16.1. The third-order valence-electron chi connectivity index (χ3n) is 2.12. The first kappa shape index (κ1) is 11.0. The summed E-state index contributed by atoms with van der Waals surface area (Å²) in [5.74, 6) is 1.02. The van der Waals surface area contributed by atoms with Gasteiger partial charge in [-0.15, -0.1) is 0 Å². The zero-order valence-electron chi connectivity index (χ0n) is 9.51. The number of rotatable bonds is 1. The summed E-state index contributed by atoms with van der Waals surface area (Å²) in [4.78, 5) is 18.5. The minimum Gasteiger partial charge on any atom is -0.346 e. The Morgan fingerprint density at radius 1 is 1.36 bits per heavy atom. The second-order valence-electron chi connectivity index (χ2n) is 4.92. The lowest BCUT2D eigenvalue weighted by Crippen LogP contribution is -2.21. The summed E-state index contributed by atoms with van der Waals surface area (Å²) >= 11 is 0. The summed E-state index contributed by atoms with van der Waals surface area (Å²) in [5.41, 5.74) is 0.754. The summed E-state index contributed by atoms with van der Waals surface area (Å²) < 4.78 is 0. The Kier molecular flexibility index (Phi) is 2.79. The number of hydrogen-bond acceptors (Lipinski definition) is 2.